The predicted octanol–water partition coefficient (Wildman–Crippen LogP) is 2.16. The van der Waals surface area contributed by atoms with E-state index in [1.165, 1.54) is 25.7 Å². The molecule has 90 valence electrons. The Balaban J connectivity index is 1.90. The summed E-state index contributed by atoms with van der Waals surface area (Å²) in [5.41, 5.74) is 1.18. The van der Waals surface area contributed by atoms with Crippen LogP contribution in [0.2, 0.25) is 0 Å². The molecule has 1 aromatic rings. The molecule has 3 rings (SSSR count). The van der Waals surface area contributed by atoms with Gasteiger partial charge in [0.1, 0.15) is 0 Å². The van der Waals surface area contributed by atoms with Gasteiger partial charge in [-0.2, -0.15) is 0 Å². The zero-order valence-corrected chi connectivity index (χ0v) is 9.67. The lowest BCUT2D eigenvalue weighted by atomic mass is 10.2. The van der Waals surface area contributed by atoms with Crippen molar-refractivity contribution < 1.29 is 9.90 Å². The van der Waals surface area contributed by atoms with E-state index in [1.807, 2.05) is 0 Å². The topological polar surface area (TPSA) is 53.4 Å². The molecule has 0 spiro atoms. The molecule has 0 aromatic carbocycles. The number of aromatic carboxylic acids is 1. The molecule has 0 unspecified atom stereocenters. The first-order chi connectivity index (χ1) is 8.25. The second kappa shape index (κ2) is 4.02. The van der Waals surface area contributed by atoms with Gasteiger partial charge in [-0.1, -0.05) is 0 Å². The molecular formula is C13H16N2O2. The van der Waals surface area contributed by atoms with Crippen molar-refractivity contribution in [3.8, 4) is 0 Å². The minimum Gasteiger partial charge on any atom is -0.478 e. The number of anilines is 1. The summed E-state index contributed by atoms with van der Waals surface area (Å²) in [5.74, 6) is -0.0960. The first kappa shape index (κ1) is 10.6. The number of hydrogen-bond donors (Lipinski definition) is 1. The number of pyridine rings is 1. The van der Waals surface area contributed by atoms with Crippen LogP contribution in [0, 0.1) is 5.92 Å². The van der Waals surface area contributed by atoms with Crippen molar-refractivity contribution in [1.29, 1.82) is 0 Å². The molecule has 1 heterocycles. The third-order valence-corrected chi connectivity index (χ3v) is 3.48. The Morgan fingerprint density at radius 1 is 1.41 bits per heavy atom. The molecule has 0 aliphatic heterocycles. The van der Waals surface area contributed by atoms with E-state index in [4.69, 9.17) is 0 Å². The van der Waals surface area contributed by atoms with Crippen molar-refractivity contribution in [3.63, 3.8) is 0 Å². The number of hydrogen-bond acceptors (Lipinski definition) is 3. The minimum atomic E-state index is -0.858. The maximum atomic E-state index is 11.2. The normalized spacial score (nSPS) is 19.1. The highest BCUT2D eigenvalue weighted by atomic mass is 16.4. The van der Waals surface area contributed by atoms with Gasteiger partial charge in [-0.15, -0.1) is 0 Å². The Hall–Kier alpha value is -1.58. The molecule has 0 saturated heterocycles. The van der Waals surface area contributed by atoms with Crippen molar-refractivity contribution >= 4 is 11.7 Å². The lowest BCUT2D eigenvalue weighted by Gasteiger charge is -2.25. The quantitative estimate of drug-likeness (QED) is 0.845. The molecule has 4 heteroatoms. The largest absolute Gasteiger partial charge is 0.478 e. The summed E-state index contributed by atoms with van der Waals surface area (Å²) in [6.45, 7) is 0.997. The Bertz CT molecular complexity index is 439. The van der Waals surface area contributed by atoms with Crippen LogP contribution < -0.4 is 4.90 Å². The monoisotopic (exact) mass is 232 g/mol. The lowest BCUT2D eigenvalue weighted by molar-refractivity contribution is 0.0697. The van der Waals surface area contributed by atoms with Gasteiger partial charge in [0.05, 0.1) is 17.4 Å². The molecule has 2 aliphatic rings. The van der Waals surface area contributed by atoms with Gasteiger partial charge in [0.25, 0.3) is 0 Å². The van der Waals surface area contributed by atoms with E-state index in [2.05, 4.69) is 9.88 Å². The van der Waals surface area contributed by atoms with E-state index in [-0.39, 0.29) is 0 Å². The third kappa shape index (κ3) is 2.25. The second-order valence-corrected chi connectivity index (χ2v) is 5.02. The van der Waals surface area contributed by atoms with E-state index in [0.29, 0.717) is 11.6 Å². The van der Waals surface area contributed by atoms with Gasteiger partial charge in [-0.3, -0.25) is 4.98 Å². The Labute approximate surface area is 100 Å². The summed E-state index contributed by atoms with van der Waals surface area (Å²) < 4.78 is 0. The standard InChI is InChI=1S/C13H16N2O2/c16-13(17)11-5-6-14-7-12(11)15(10-3-4-10)8-9-1-2-9/h5-7,9-10H,1-4,8H2,(H,16,17). The number of aromatic nitrogens is 1. The average molecular weight is 232 g/mol. The molecule has 2 aliphatic carbocycles. The Kier molecular flexibility index (Phi) is 2.50. The van der Waals surface area contributed by atoms with E-state index < -0.39 is 5.97 Å². The Morgan fingerprint density at radius 3 is 2.76 bits per heavy atom. The first-order valence-electron chi connectivity index (χ1n) is 6.19. The van der Waals surface area contributed by atoms with Crippen molar-refractivity contribution in [2.75, 3.05) is 11.4 Å². The first-order valence-corrected chi connectivity index (χ1v) is 6.19. The van der Waals surface area contributed by atoms with Crippen molar-refractivity contribution in [2.45, 2.75) is 31.7 Å². The summed E-state index contributed by atoms with van der Waals surface area (Å²) in [5, 5.41) is 9.21. The zero-order valence-electron chi connectivity index (χ0n) is 9.67. The molecule has 4 nitrogen and oxygen atoms in total. The van der Waals surface area contributed by atoms with Gasteiger partial charge in [-0.25, -0.2) is 4.79 Å². The smallest absolute Gasteiger partial charge is 0.337 e. The molecular weight excluding hydrogens is 216 g/mol. The molecule has 0 atom stereocenters. The fourth-order valence-corrected chi connectivity index (χ4v) is 2.20. The van der Waals surface area contributed by atoms with E-state index in [9.17, 15) is 9.90 Å². The summed E-state index contributed by atoms with van der Waals surface area (Å²) in [6.07, 6.45) is 8.18. The van der Waals surface area contributed by atoms with Crippen LogP contribution in [0.3, 0.4) is 0 Å². The van der Waals surface area contributed by atoms with Crippen LogP contribution in [0.1, 0.15) is 36.0 Å². The minimum absolute atomic E-state index is 0.382. The van der Waals surface area contributed by atoms with Gasteiger partial charge in [0.15, 0.2) is 0 Å². The van der Waals surface area contributed by atoms with E-state index >= 15 is 0 Å². The van der Waals surface area contributed by atoms with Crippen molar-refractivity contribution in [1.82, 2.24) is 4.98 Å². The maximum absolute atomic E-state index is 11.2. The van der Waals surface area contributed by atoms with E-state index in [0.717, 1.165) is 18.2 Å². The van der Waals surface area contributed by atoms with Crippen LogP contribution in [0.4, 0.5) is 5.69 Å². The second-order valence-electron chi connectivity index (χ2n) is 5.02. The average Bonchev–Trinajstić information content (AvgIpc) is 3.17. The van der Waals surface area contributed by atoms with Crippen LogP contribution in [0.15, 0.2) is 18.5 Å². The molecule has 17 heavy (non-hydrogen) atoms. The molecule has 0 radical (unpaired) electrons. The number of carbonyl (C=O) groups is 1. The third-order valence-electron chi connectivity index (χ3n) is 3.48. The van der Waals surface area contributed by atoms with Gasteiger partial charge in [-0.05, 0) is 37.7 Å². The molecule has 2 fully saturated rings. The molecule has 0 amide bonds. The van der Waals surface area contributed by atoms with Gasteiger partial charge in [0.2, 0.25) is 0 Å². The summed E-state index contributed by atoms with van der Waals surface area (Å²) in [7, 11) is 0. The summed E-state index contributed by atoms with van der Waals surface area (Å²) in [4.78, 5) is 17.6. The fourth-order valence-electron chi connectivity index (χ4n) is 2.20. The van der Waals surface area contributed by atoms with Crippen LogP contribution >= 0.6 is 0 Å². The molecule has 0 bridgehead atoms. The number of carboxylic acid groups (broad SMARTS) is 1. The van der Waals surface area contributed by atoms with Gasteiger partial charge >= 0.3 is 5.97 Å². The van der Waals surface area contributed by atoms with Crippen LogP contribution in [0.25, 0.3) is 0 Å². The number of carboxylic acids is 1. The molecule has 1 N–H and O–H groups in total. The SMILES string of the molecule is O=C(O)c1ccncc1N(CC1CC1)C1CC1. The zero-order chi connectivity index (χ0) is 11.8. The lowest BCUT2D eigenvalue weighted by Crippen LogP contribution is -2.29. The van der Waals surface area contributed by atoms with Crippen molar-refractivity contribution in [3.05, 3.63) is 24.0 Å². The van der Waals surface area contributed by atoms with Crippen LogP contribution in [0.5, 0.6) is 0 Å². The van der Waals surface area contributed by atoms with Crippen LogP contribution in [-0.4, -0.2) is 28.6 Å². The van der Waals surface area contributed by atoms with Gasteiger partial charge in [0, 0.05) is 18.8 Å². The maximum Gasteiger partial charge on any atom is 0.337 e. The summed E-state index contributed by atoms with van der Waals surface area (Å²) in [6, 6.07) is 2.14. The highest BCUT2D eigenvalue weighted by Crippen LogP contribution is 2.38. The van der Waals surface area contributed by atoms with Gasteiger partial charge < -0.3 is 10.0 Å². The van der Waals surface area contributed by atoms with Crippen LogP contribution in [-0.2, 0) is 0 Å². The highest BCUT2D eigenvalue weighted by molar-refractivity contribution is 5.94. The molecule has 2 saturated carbocycles. The van der Waals surface area contributed by atoms with E-state index in [1.54, 1.807) is 18.5 Å². The summed E-state index contributed by atoms with van der Waals surface area (Å²) >= 11 is 0. The van der Waals surface area contributed by atoms with Crippen molar-refractivity contribution in [2.24, 2.45) is 5.92 Å². The predicted molar refractivity (Wildman–Crippen MR) is 64.3 cm³/mol. The fraction of sp³-hybridized carbons (Fsp3) is 0.538. The highest BCUT2D eigenvalue weighted by Gasteiger charge is 2.35. The molecule has 1 aromatic heterocycles. The number of nitrogens with zero attached hydrogens (tertiary/aromatic N) is 2. The Morgan fingerprint density at radius 2 is 2.18 bits per heavy atom. The number of rotatable bonds is 5.